The highest BCUT2D eigenvalue weighted by molar-refractivity contribution is 8.04. The molecule has 2 saturated heterocycles. The van der Waals surface area contributed by atoms with Crippen LogP contribution in [-0.4, -0.2) is 70.6 Å². The molecular formula is C27H34N6O4S. The van der Waals surface area contributed by atoms with Crippen LogP contribution >= 0.6 is 11.8 Å². The summed E-state index contributed by atoms with van der Waals surface area (Å²) in [5.41, 5.74) is 7.76. The number of carbonyl (C=O) groups is 3. The third-order valence-electron chi connectivity index (χ3n) is 6.48. The van der Waals surface area contributed by atoms with Crippen LogP contribution in [0.4, 0.5) is 17.1 Å². The average molecular weight is 539 g/mol. The third-order valence-corrected chi connectivity index (χ3v) is 7.79. The Kier molecular flexibility index (Phi) is 9.14. The molecule has 2 aliphatic rings. The van der Waals surface area contributed by atoms with Crippen molar-refractivity contribution in [3.63, 3.8) is 0 Å². The maximum absolute atomic E-state index is 13.0. The number of hydrogen-bond acceptors (Lipinski definition) is 8. The fraction of sp³-hybridized carbons (Fsp3) is 0.370. The highest BCUT2D eigenvalue weighted by atomic mass is 32.2. The molecule has 0 radical (unpaired) electrons. The van der Waals surface area contributed by atoms with E-state index in [2.05, 4.69) is 20.9 Å². The van der Waals surface area contributed by atoms with Gasteiger partial charge in [0.1, 0.15) is 21.7 Å². The van der Waals surface area contributed by atoms with Gasteiger partial charge in [-0.3, -0.25) is 14.4 Å². The molecule has 2 fully saturated rings. The fourth-order valence-electron chi connectivity index (χ4n) is 4.43. The Labute approximate surface area is 226 Å². The molecule has 0 bridgehead atoms. The molecule has 2 aliphatic heterocycles. The molecule has 0 aliphatic carbocycles. The molecule has 0 saturated carbocycles. The smallest absolute Gasteiger partial charge is 0.274 e. The number of para-hydroxylation sites is 2. The van der Waals surface area contributed by atoms with Crippen LogP contribution in [0, 0.1) is 0 Å². The summed E-state index contributed by atoms with van der Waals surface area (Å²) in [5.74, 6) is -0.846. The normalized spacial score (nSPS) is 18.9. The van der Waals surface area contributed by atoms with E-state index in [-0.39, 0.29) is 28.9 Å². The first-order chi connectivity index (χ1) is 18.4. The van der Waals surface area contributed by atoms with E-state index in [1.54, 1.807) is 18.2 Å². The summed E-state index contributed by atoms with van der Waals surface area (Å²) in [7, 11) is 0. The summed E-state index contributed by atoms with van der Waals surface area (Å²) in [6.45, 7) is 5.37. The molecule has 1 atom stereocenters. The zero-order valence-corrected chi connectivity index (χ0v) is 22.2. The van der Waals surface area contributed by atoms with Crippen molar-refractivity contribution in [2.45, 2.75) is 31.4 Å². The molecular weight excluding hydrogens is 504 g/mol. The van der Waals surface area contributed by atoms with Crippen LogP contribution in [0.2, 0.25) is 0 Å². The van der Waals surface area contributed by atoms with Crippen LogP contribution in [0.25, 0.3) is 0 Å². The van der Waals surface area contributed by atoms with Crippen molar-refractivity contribution in [2.24, 2.45) is 5.73 Å². The van der Waals surface area contributed by atoms with E-state index in [0.717, 1.165) is 25.3 Å². The first kappa shape index (κ1) is 27.3. The van der Waals surface area contributed by atoms with Crippen LogP contribution in [0.1, 0.15) is 26.2 Å². The van der Waals surface area contributed by atoms with E-state index in [0.29, 0.717) is 30.2 Å². The van der Waals surface area contributed by atoms with Crippen LogP contribution in [0.5, 0.6) is 5.75 Å². The third kappa shape index (κ3) is 6.78. The van der Waals surface area contributed by atoms with Crippen LogP contribution in [-0.2, 0) is 14.4 Å². The minimum Gasteiger partial charge on any atom is -0.506 e. The standard InChI is InChI=1S/C27H34N6O4S/c1-2-33-26(37)22(38-27(33)24(28)25(36)31-20-10-3-4-11-21(20)34)17-29-18-8-7-9-19(16-18)30-23(35)12-15-32-13-5-6-14-32/h3-4,7-11,16,22,29,34H,2,5-6,12-15,17,28H2,1H3,(H,30,35)(H,31,36)/b27-24+/t22-/m1/s1. The van der Waals surface area contributed by atoms with Crippen molar-refractivity contribution >= 4 is 46.5 Å². The largest absolute Gasteiger partial charge is 0.506 e. The van der Waals surface area contributed by atoms with Gasteiger partial charge in [-0.1, -0.05) is 30.0 Å². The molecule has 4 rings (SSSR count). The SMILES string of the molecule is CCN1C(=O)[C@@H](CNc2cccc(NC(=O)CCN3CCCC3)c2)S/C1=C(/N)C(=O)Nc1ccccc1O. The first-order valence-corrected chi connectivity index (χ1v) is 13.7. The molecule has 6 N–H and O–H groups in total. The lowest BCUT2D eigenvalue weighted by Crippen LogP contribution is -2.33. The molecule has 0 unspecified atom stereocenters. The molecule has 202 valence electrons. The van der Waals surface area contributed by atoms with Gasteiger partial charge in [-0.2, -0.15) is 0 Å². The predicted octanol–water partition coefficient (Wildman–Crippen LogP) is 2.96. The van der Waals surface area contributed by atoms with E-state index < -0.39 is 11.2 Å². The number of carbonyl (C=O) groups excluding carboxylic acids is 3. The van der Waals surface area contributed by atoms with Gasteiger partial charge in [-0.25, -0.2) is 0 Å². The summed E-state index contributed by atoms with van der Waals surface area (Å²) >= 11 is 1.23. The minimum absolute atomic E-state index is 0.0264. The summed E-state index contributed by atoms with van der Waals surface area (Å²) in [6, 6.07) is 13.7. The number of aromatic hydroxyl groups is 1. The number of hydrogen-bond donors (Lipinski definition) is 5. The number of nitrogens with two attached hydrogens (primary N) is 1. The lowest BCUT2D eigenvalue weighted by Gasteiger charge is -2.17. The first-order valence-electron chi connectivity index (χ1n) is 12.8. The minimum atomic E-state index is -0.595. The highest BCUT2D eigenvalue weighted by Crippen LogP contribution is 2.37. The van der Waals surface area contributed by atoms with Crippen LogP contribution in [0.15, 0.2) is 59.3 Å². The van der Waals surface area contributed by atoms with E-state index >= 15 is 0 Å². The molecule has 38 heavy (non-hydrogen) atoms. The second kappa shape index (κ2) is 12.7. The van der Waals surface area contributed by atoms with Gasteiger partial charge in [0, 0.05) is 37.4 Å². The summed E-state index contributed by atoms with van der Waals surface area (Å²) in [5, 5.41) is 18.6. The Hall–Kier alpha value is -3.70. The molecule has 0 aromatic heterocycles. The topological polar surface area (TPSA) is 140 Å². The highest BCUT2D eigenvalue weighted by Gasteiger charge is 2.38. The predicted molar refractivity (Wildman–Crippen MR) is 151 cm³/mol. The van der Waals surface area contributed by atoms with Crippen molar-refractivity contribution in [3.8, 4) is 5.75 Å². The van der Waals surface area contributed by atoms with Crippen molar-refractivity contribution < 1.29 is 19.5 Å². The molecule has 2 heterocycles. The van der Waals surface area contributed by atoms with Gasteiger partial charge in [-0.15, -0.1) is 0 Å². The number of rotatable bonds is 10. The summed E-state index contributed by atoms with van der Waals surface area (Å²) < 4.78 is 0. The van der Waals surface area contributed by atoms with Gasteiger partial charge >= 0.3 is 0 Å². The average Bonchev–Trinajstić information content (AvgIpc) is 3.55. The van der Waals surface area contributed by atoms with Crippen LogP contribution in [0.3, 0.4) is 0 Å². The number of amides is 3. The molecule has 10 nitrogen and oxygen atoms in total. The Morgan fingerprint density at radius 2 is 1.82 bits per heavy atom. The lowest BCUT2D eigenvalue weighted by atomic mass is 10.2. The maximum atomic E-state index is 13.0. The Bertz CT molecular complexity index is 1210. The van der Waals surface area contributed by atoms with Crippen LogP contribution < -0.4 is 21.7 Å². The molecule has 2 aromatic carbocycles. The van der Waals surface area contributed by atoms with Crippen molar-refractivity contribution in [1.29, 1.82) is 0 Å². The van der Waals surface area contributed by atoms with Crippen molar-refractivity contribution in [2.75, 3.05) is 48.7 Å². The van der Waals surface area contributed by atoms with Crippen molar-refractivity contribution in [3.05, 3.63) is 59.3 Å². The zero-order valence-electron chi connectivity index (χ0n) is 21.4. The maximum Gasteiger partial charge on any atom is 0.274 e. The van der Waals surface area contributed by atoms with Crippen molar-refractivity contribution in [1.82, 2.24) is 9.80 Å². The van der Waals surface area contributed by atoms with E-state index in [1.165, 1.54) is 35.6 Å². The summed E-state index contributed by atoms with van der Waals surface area (Å²) in [4.78, 5) is 42.0. The lowest BCUT2D eigenvalue weighted by molar-refractivity contribution is -0.127. The second-order valence-electron chi connectivity index (χ2n) is 9.19. The number of likely N-dealkylation sites (tertiary alicyclic amines) is 1. The fourth-order valence-corrected chi connectivity index (χ4v) is 5.66. The molecule has 3 amide bonds. The monoisotopic (exact) mass is 538 g/mol. The van der Waals surface area contributed by atoms with E-state index in [4.69, 9.17) is 5.73 Å². The number of phenolic OH excluding ortho intramolecular Hbond substituents is 1. The number of phenols is 1. The van der Waals surface area contributed by atoms with E-state index in [9.17, 15) is 19.5 Å². The van der Waals surface area contributed by atoms with Gasteiger partial charge < -0.3 is 36.6 Å². The number of benzene rings is 2. The Morgan fingerprint density at radius 3 is 2.55 bits per heavy atom. The number of nitrogens with zero attached hydrogens (tertiary/aromatic N) is 2. The second-order valence-corrected chi connectivity index (χ2v) is 10.4. The molecule has 2 aromatic rings. The molecule has 0 spiro atoms. The Balaban J connectivity index is 1.35. The van der Waals surface area contributed by atoms with Gasteiger partial charge in [0.05, 0.1) is 5.69 Å². The number of thioether (sulfide) groups is 1. The zero-order chi connectivity index (χ0) is 27.1. The Morgan fingerprint density at radius 1 is 1.08 bits per heavy atom. The van der Waals surface area contributed by atoms with Gasteiger partial charge in [0.25, 0.3) is 5.91 Å². The van der Waals surface area contributed by atoms with E-state index in [1.807, 2.05) is 31.2 Å². The summed E-state index contributed by atoms with van der Waals surface area (Å²) in [6.07, 6.45) is 2.84. The number of nitrogens with one attached hydrogen (secondary N) is 3. The van der Waals surface area contributed by atoms with Gasteiger partial charge in [0.2, 0.25) is 11.8 Å². The number of anilines is 3. The van der Waals surface area contributed by atoms with Gasteiger partial charge in [-0.05, 0) is 63.2 Å². The quantitative estimate of drug-likeness (QED) is 0.230. The van der Waals surface area contributed by atoms with Gasteiger partial charge in [0.15, 0.2) is 0 Å². The molecule has 11 heteroatoms.